The van der Waals surface area contributed by atoms with Crippen molar-refractivity contribution in [2.45, 2.75) is 31.5 Å². The first-order chi connectivity index (χ1) is 17.3. The molecule has 200 valence electrons. The molecule has 5 rings (SSSR count). The summed E-state index contributed by atoms with van der Waals surface area (Å²) in [5.74, 6) is -4.69. The van der Waals surface area contributed by atoms with Crippen LogP contribution in [-0.2, 0) is 23.2 Å². The van der Waals surface area contributed by atoms with E-state index in [0.29, 0.717) is 12.5 Å². The average molecular weight is 547 g/mol. The number of benzene rings is 1. The monoisotopic (exact) mass is 546 g/mol. The zero-order chi connectivity index (χ0) is 26.9. The lowest BCUT2D eigenvalue weighted by Crippen LogP contribution is -2.55. The molecular formula is C22H23F5N6O3S. The fourth-order valence-corrected chi connectivity index (χ4v) is 5.55. The van der Waals surface area contributed by atoms with E-state index in [1.807, 2.05) is 4.90 Å². The molecule has 3 aromatic rings. The molecule has 1 aliphatic heterocycles. The zero-order valence-electron chi connectivity index (χ0n) is 19.8. The van der Waals surface area contributed by atoms with Crippen LogP contribution in [0.4, 0.5) is 27.9 Å². The highest BCUT2D eigenvalue weighted by molar-refractivity contribution is 7.88. The molecule has 1 atom stereocenters. The molecule has 15 heteroatoms. The van der Waals surface area contributed by atoms with Gasteiger partial charge in [-0.2, -0.15) is 27.6 Å². The number of sulfonamides is 1. The number of hydrogen-bond donors (Lipinski definition) is 1. The second-order valence-corrected chi connectivity index (χ2v) is 11.5. The number of rotatable bonds is 5. The molecule has 1 N–H and O–H groups in total. The topological polar surface area (TPSA) is 104 Å². The number of piperazine rings is 1. The van der Waals surface area contributed by atoms with Gasteiger partial charge in [-0.05, 0) is 18.4 Å². The van der Waals surface area contributed by atoms with Crippen molar-refractivity contribution in [2.75, 3.05) is 30.8 Å². The lowest BCUT2D eigenvalue weighted by Gasteiger charge is -2.40. The van der Waals surface area contributed by atoms with Crippen LogP contribution in [0.5, 0.6) is 5.75 Å². The molecule has 2 fully saturated rings. The van der Waals surface area contributed by atoms with Crippen LogP contribution in [0, 0.1) is 17.6 Å². The largest absolute Gasteiger partial charge is 0.503 e. The van der Waals surface area contributed by atoms with Crippen LogP contribution >= 0.6 is 0 Å². The van der Waals surface area contributed by atoms with Crippen molar-refractivity contribution in [1.29, 1.82) is 0 Å². The maximum atomic E-state index is 14.7. The first-order valence-electron chi connectivity index (χ1n) is 11.5. The van der Waals surface area contributed by atoms with Crippen molar-refractivity contribution in [2.24, 2.45) is 13.0 Å². The summed E-state index contributed by atoms with van der Waals surface area (Å²) in [4.78, 5) is 10.8. The van der Waals surface area contributed by atoms with Crippen molar-refractivity contribution in [3.8, 4) is 17.0 Å². The van der Waals surface area contributed by atoms with E-state index in [-0.39, 0.29) is 47.9 Å². The quantitative estimate of drug-likeness (QED) is 0.490. The van der Waals surface area contributed by atoms with Gasteiger partial charge in [0.1, 0.15) is 5.69 Å². The molecule has 2 aliphatic rings. The van der Waals surface area contributed by atoms with Crippen LogP contribution in [0.1, 0.15) is 24.8 Å². The number of nitrogens with zero attached hydrogens (tertiary/aromatic N) is 6. The molecule has 3 heterocycles. The molecule has 1 aromatic carbocycles. The van der Waals surface area contributed by atoms with Crippen molar-refractivity contribution < 1.29 is 35.5 Å². The summed E-state index contributed by atoms with van der Waals surface area (Å²) in [5.41, 5.74) is -2.70. The molecule has 0 amide bonds. The van der Waals surface area contributed by atoms with Gasteiger partial charge in [-0.15, -0.1) is 0 Å². The fraction of sp³-hybridized carbons (Fsp3) is 0.500. The minimum absolute atomic E-state index is 0.0952. The van der Waals surface area contributed by atoms with Crippen molar-refractivity contribution in [3.63, 3.8) is 0 Å². The van der Waals surface area contributed by atoms with Gasteiger partial charge in [0, 0.05) is 44.5 Å². The highest BCUT2D eigenvalue weighted by Gasteiger charge is 2.39. The van der Waals surface area contributed by atoms with E-state index < -0.39 is 44.7 Å². The third-order valence-corrected chi connectivity index (χ3v) is 8.05. The van der Waals surface area contributed by atoms with Crippen LogP contribution in [0.25, 0.3) is 22.3 Å². The molecule has 0 radical (unpaired) electrons. The molecule has 1 unspecified atom stereocenters. The SMILES string of the molecule is Cn1nc(-c2cc(C(F)(F)F)c(F)c(O)c2F)c2cnc(N3CCN(S(C)(=O)=O)CC3CC3CC3)nc21. The standard InChI is InChI=1S/C22H23F5N6O3S/c1-31-20-14(18(30-31)13-8-15(22(25,26)27)17(24)19(34)16(13)23)9-28-21(29-20)33-6-5-32(37(2,35)36)10-12(33)7-11-3-4-11/h8-9,11-12,34H,3-7,10H2,1-2H3. The van der Waals surface area contributed by atoms with Crippen LogP contribution < -0.4 is 4.90 Å². The number of alkyl halides is 3. The third kappa shape index (κ3) is 4.69. The van der Waals surface area contributed by atoms with Gasteiger partial charge in [-0.25, -0.2) is 26.9 Å². The first kappa shape index (κ1) is 25.6. The van der Waals surface area contributed by atoms with E-state index in [9.17, 15) is 35.5 Å². The smallest absolute Gasteiger partial charge is 0.419 e. The number of hydrogen-bond acceptors (Lipinski definition) is 7. The highest BCUT2D eigenvalue weighted by Crippen LogP contribution is 2.42. The van der Waals surface area contributed by atoms with Crippen LogP contribution in [0.3, 0.4) is 0 Å². The van der Waals surface area contributed by atoms with Crippen LogP contribution in [0.2, 0.25) is 0 Å². The summed E-state index contributed by atoms with van der Waals surface area (Å²) in [7, 11) is -1.93. The van der Waals surface area contributed by atoms with Crippen molar-refractivity contribution >= 4 is 27.0 Å². The number of aromatic hydroxyl groups is 1. The lowest BCUT2D eigenvalue weighted by atomic mass is 10.0. The Morgan fingerprint density at radius 2 is 1.86 bits per heavy atom. The van der Waals surface area contributed by atoms with Crippen LogP contribution in [-0.4, -0.2) is 69.5 Å². The molecule has 1 saturated heterocycles. The summed E-state index contributed by atoms with van der Waals surface area (Å²) < 4.78 is 95.4. The predicted octanol–water partition coefficient (Wildman–Crippen LogP) is 3.28. The van der Waals surface area contributed by atoms with Gasteiger partial charge in [0.2, 0.25) is 16.0 Å². The number of halogens is 5. The number of phenolic OH excluding ortho intramolecular Hbond substituents is 1. The van der Waals surface area contributed by atoms with Gasteiger partial charge in [-0.3, -0.25) is 0 Å². The summed E-state index contributed by atoms with van der Waals surface area (Å²) >= 11 is 0. The highest BCUT2D eigenvalue weighted by atomic mass is 32.2. The average Bonchev–Trinajstić information content (AvgIpc) is 3.58. The van der Waals surface area contributed by atoms with Gasteiger partial charge >= 0.3 is 6.18 Å². The summed E-state index contributed by atoms with van der Waals surface area (Å²) in [6.45, 7) is 0.835. The number of anilines is 1. The van der Waals surface area contributed by atoms with Gasteiger partial charge in [0.15, 0.2) is 23.0 Å². The summed E-state index contributed by atoms with van der Waals surface area (Å²) in [6, 6.07) is 0.0813. The number of aromatic nitrogens is 4. The van der Waals surface area contributed by atoms with E-state index >= 15 is 0 Å². The fourth-order valence-electron chi connectivity index (χ4n) is 4.70. The Morgan fingerprint density at radius 3 is 2.49 bits per heavy atom. The Bertz CT molecular complexity index is 1490. The molecule has 1 saturated carbocycles. The molecule has 1 aliphatic carbocycles. The number of aryl methyl sites for hydroxylation is 1. The van der Waals surface area contributed by atoms with E-state index in [4.69, 9.17) is 0 Å². The van der Waals surface area contributed by atoms with Gasteiger partial charge in [0.25, 0.3) is 0 Å². The second kappa shape index (κ2) is 8.75. The molecular weight excluding hydrogens is 523 g/mol. The van der Waals surface area contributed by atoms with Crippen molar-refractivity contribution in [1.82, 2.24) is 24.1 Å². The molecule has 0 bridgehead atoms. The Hall–Kier alpha value is -3.07. The first-order valence-corrected chi connectivity index (χ1v) is 13.3. The zero-order valence-corrected chi connectivity index (χ0v) is 20.6. The lowest BCUT2D eigenvalue weighted by molar-refractivity contribution is -0.140. The van der Waals surface area contributed by atoms with Gasteiger partial charge < -0.3 is 10.0 Å². The predicted molar refractivity (Wildman–Crippen MR) is 123 cm³/mol. The van der Waals surface area contributed by atoms with E-state index in [2.05, 4.69) is 15.1 Å². The third-order valence-electron chi connectivity index (χ3n) is 6.78. The van der Waals surface area contributed by atoms with Gasteiger partial charge in [0.05, 0.1) is 17.2 Å². The minimum atomic E-state index is -5.18. The molecule has 9 nitrogen and oxygen atoms in total. The van der Waals surface area contributed by atoms with Crippen LogP contribution in [0.15, 0.2) is 12.3 Å². The van der Waals surface area contributed by atoms with E-state index in [1.165, 1.54) is 22.2 Å². The molecule has 2 aromatic heterocycles. The maximum Gasteiger partial charge on any atom is 0.419 e. The summed E-state index contributed by atoms with van der Waals surface area (Å²) in [5, 5.41) is 13.9. The van der Waals surface area contributed by atoms with E-state index in [0.717, 1.165) is 25.5 Å². The second-order valence-electron chi connectivity index (χ2n) is 9.47. The van der Waals surface area contributed by atoms with E-state index in [1.54, 1.807) is 0 Å². The normalized spacial score (nSPS) is 19.6. The molecule has 37 heavy (non-hydrogen) atoms. The Kier molecular flexibility index (Phi) is 6.05. The Morgan fingerprint density at radius 1 is 1.16 bits per heavy atom. The minimum Gasteiger partial charge on any atom is -0.503 e. The number of phenols is 1. The Balaban J connectivity index is 1.56. The Labute approximate surface area is 208 Å². The molecule has 0 spiro atoms. The summed E-state index contributed by atoms with van der Waals surface area (Å²) in [6.07, 6.45) is 0.138. The maximum absolute atomic E-state index is 14.7. The number of fused-ring (bicyclic) bond motifs is 1. The van der Waals surface area contributed by atoms with Crippen molar-refractivity contribution in [3.05, 3.63) is 29.5 Å². The van der Waals surface area contributed by atoms with Gasteiger partial charge in [-0.1, -0.05) is 12.8 Å².